The molecule has 1 amide bonds. The largest absolute Gasteiger partial charge is 0.464 e. The molecule has 5 heteroatoms. The number of cyclic esters (lactones) is 1. The fourth-order valence-corrected chi connectivity index (χ4v) is 1.90. The van der Waals surface area contributed by atoms with Gasteiger partial charge in [0.05, 0.1) is 6.61 Å². The Morgan fingerprint density at radius 1 is 1.50 bits per heavy atom. The molecule has 1 fully saturated rings. The molecule has 2 rings (SSSR count). The Bertz CT molecular complexity index is 433. The smallest absolute Gasteiger partial charge is 0.328 e. The second-order valence-corrected chi connectivity index (χ2v) is 4.41. The highest BCUT2D eigenvalue weighted by atomic mass is 79.9. The van der Waals surface area contributed by atoms with Crippen molar-refractivity contribution in [3.63, 3.8) is 0 Å². The summed E-state index contributed by atoms with van der Waals surface area (Å²) in [6.07, 6.45) is 0.540. The number of nitrogens with one attached hydrogen (secondary N) is 1. The van der Waals surface area contributed by atoms with Crippen molar-refractivity contribution in [2.45, 2.75) is 12.5 Å². The molecule has 0 radical (unpaired) electrons. The molecule has 1 heterocycles. The summed E-state index contributed by atoms with van der Waals surface area (Å²) in [7, 11) is 0. The summed E-state index contributed by atoms with van der Waals surface area (Å²) >= 11 is 3.28. The zero-order valence-electron chi connectivity index (χ0n) is 8.40. The Kier molecular flexibility index (Phi) is 3.24. The first-order valence-corrected chi connectivity index (χ1v) is 5.69. The van der Waals surface area contributed by atoms with Crippen LogP contribution in [0, 0.1) is 0 Å². The van der Waals surface area contributed by atoms with Gasteiger partial charge in [-0.25, -0.2) is 4.79 Å². The summed E-state index contributed by atoms with van der Waals surface area (Å²) < 4.78 is 5.59. The van der Waals surface area contributed by atoms with Crippen LogP contribution in [-0.2, 0) is 9.53 Å². The van der Waals surface area contributed by atoms with Crippen LogP contribution < -0.4 is 5.32 Å². The number of hydrogen-bond acceptors (Lipinski definition) is 3. The van der Waals surface area contributed by atoms with Crippen LogP contribution in [0.4, 0.5) is 0 Å². The Labute approximate surface area is 101 Å². The van der Waals surface area contributed by atoms with Crippen LogP contribution in [-0.4, -0.2) is 24.5 Å². The first-order chi connectivity index (χ1) is 7.66. The maximum absolute atomic E-state index is 11.8. The number of esters is 1. The van der Waals surface area contributed by atoms with Gasteiger partial charge in [-0.15, -0.1) is 0 Å². The van der Waals surface area contributed by atoms with E-state index in [9.17, 15) is 9.59 Å². The van der Waals surface area contributed by atoms with Gasteiger partial charge in [0.15, 0.2) is 0 Å². The van der Waals surface area contributed by atoms with E-state index in [1.807, 2.05) is 6.07 Å². The van der Waals surface area contributed by atoms with E-state index in [2.05, 4.69) is 21.2 Å². The third-order valence-corrected chi connectivity index (χ3v) is 2.82. The lowest BCUT2D eigenvalue weighted by molar-refractivity contribution is -0.139. The van der Waals surface area contributed by atoms with Crippen LogP contribution in [0.2, 0.25) is 0 Å². The lowest BCUT2D eigenvalue weighted by Gasteiger charge is -2.08. The quantitative estimate of drug-likeness (QED) is 0.837. The summed E-state index contributed by atoms with van der Waals surface area (Å²) in [6, 6.07) is 6.49. The van der Waals surface area contributed by atoms with Gasteiger partial charge in [-0.2, -0.15) is 0 Å². The van der Waals surface area contributed by atoms with Crippen LogP contribution in [0.15, 0.2) is 28.7 Å². The Morgan fingerprint density at radius 3 is 2.94 bits per heavy atom. The predicted molar refractivity (Wildman–Crippen MR) is 61.0 cm³/mol. The van der Waals surface area contributed by atoms with Crippen molar-refractivity contribution in [2.24, 2.45) is 0 Å². The molecular formula is C11H10BrNO3. The first kappa shape index (κ1) is 11.1. The minimum absolute atomic E-state index is 0.259. The molecule has 0 unspecified atom stereocenters. The van der Waals surface area contributed by atoms with Gasteiger partial charge in [0.1, 0.15) is 6.04 Å². The summed E-state index contributed by atoms with van der Waals surface area (Å²) in [5.41, 5.74) is 0.522. The number of hydrogen-bond donors (Lipinski definition) is 1. The lowest BCUT2D eigenvalue weighted by Crippen LogP contribution is -2.37. The normalized spacial score (nSPS) is 19.3. The average Bonchev–Trinajstić information content (AvgIpc) is 2.64. The fraction of sp³-hybridized carbons (Fsp3) is 0.273. The third-order valence-electron chi connectivity index (χ3n) is 2.33. The van der Waals surface area contributed by atoms with Crippen molar-refractivity contribution in [1.82, 2.24) is 5.32 Å². The standard InChI is InChI=1S/C11H10BrNO3/c12-8-3-1-2-7(6-8)10(14)13-9-4-5-16-11(9)15/h1-3,6,9H,4-5H2,(H,13,14)/t9-/m0/s1. The van der Waals surface area contributed by atoms with Gasteiger partial charge >= 0.3 is 5.97 Å². The Hall–Kier alpha value is -1.36. The summed E-state index contributed by atoms with van der Waals surface area (Å²) in [6.45, 7) is 0.377. The van der Waals surface area contributed by atoms with Crippen LogP contribution in [0.25, 0.3) is 0 Å². The summed E-state index contributed by atoms with van der Waals surface area (Å²) in [5, 5.41) is 2.64. The van der Waals surface area contributed by atoms with Crippen molar-refractivity contribution in [1.29, 1.82) is 0 Å². The highest BCUT2D eigenvalue weighted by Crippen LogP contribution is 2.12. The van der Waals surface area contributed by atoms with Crippen molar-refractivity contribution >= 4 is 27.8 Å². The van der Waals surface area contributed by atoms with E-state index in [0.29, 0.717) is 18.6 Å². The van der Waals surface area contributed by atoms with E-state index >= 15 is 0 Å². The molecule has 1 aromatic carbocycles. The molecule has 1 atom stereocenters. The van der Waals surface area contributed by atoms with Crippen LogP contribution in [0.3, 0.4) is 0 Å². The van der Waals surface area contributed by atoms with Crippen molar-refractivity contribution in [3.05, 3.63) is 34.3 Å². The van der Waals surface area contributed by atoms with E-state index in [0.717, 1.165) is 4.47 Å². The van der Waals surface area contributed by atoms with Gasteiger partial charge in [0, 0.05) is 16.5 Å². The molecule has 16 heavy (non-hydrogen) atoms. The van der Waals surface area contributed by atoms with Crippen LogP contribution in [0.5, 0.6) is 0 Å². The van der Waals surface area contributed by atoms with E-state index in [1.165, 1.54) is 0 Å². The fourth-order valence-electron chi connectivity index (χ4n) is 1.50. The lowest BCUT2D eigenvalue weighted by atomic mass is 10.2. The molecular weight excluding hydrogens is 274 g/mol. The van der Waals surface area contributed by atoms with E-state index in [1.54, 1.807) is 18.2 Å². The topological polar surface area (TPSA) is 55.4 Å². The molecule has 0 saturated carbocycles. The monoisotopic (exact) mass is 283 g/mol. The van der Waals surface area contributed by atoms with E-state index in [4.69, 9.17) is 4.74 Å². The molecule has 0 aliphatic carbocycles. The number of carbonyl (C=O) groups excluding carboxylic acids is 2. The van der Waals surface area contributed by atoms with Gasteiger partial charge < -0.3 is 10.1 Å². The zero-order chi connectivity index (χ0) is 11.5. The number of amides is 1. The molecule has 0 aromatic heterocycles. The van der Waals surface area contributed by atoms with Gasteiger partial charge in [-0.05, 0) is 18.2 Å². The highest BCUT2D eigenvalue weighted by Gasteiger charge is 2.28. The number of halogens is 1. The van der Waals surface area contributed by atoms with Crippen molar-refractivity contribution in [3.8, 4) is 0 Å². The second-order valence-electron chi connectivity index (χ2n) is 3.49. The first-order valence-electron chi connectivity index (χ1n) is 4.90. The van der Waals surface area contributed by atoms with Crippen LogP contribution in [0.1, 0.15) is 16.8 Å². The zero-order valence-corrected chi connectivity index (χ0v) is 9.99. The molecule has 1 aromatic rings. The van der Waals surface area contributed by atoms with Crippen molar-refractivity contribution in [2.75, 3.05) is 6.61 Å². The summed E-state index contributed by atoms with van der Waals surface area (Å²) in [5.74, 6) is -0.617. The minimum Gasteiger partial charge on any atom is -0.464 e. The minimum atomic E-state index is -0.508. The molecule has 1 N–H and O–H groups in total. The molecule has 84 valence electrons. The second kappa shape index (κ2) is 4.65. The predicted octanol–water partition coefficient (Wildman–Crippen LogP) is 1.49. The molecule has 1 aliphatic heterocycles. The average molecular weight is 284 g/mol. The molecule has 1 saturated heterocycles. The van der Waals surface area contributed by atoms with Gasteiger partial charge in [0.25, 0.3) is 5.91 Å². The van der Waals surface area contributed by atoms with Crippen LogP contribution >= 0.6 is 15.9 Å². The Balaban J connectivity index is 2.05. The number of carbonyl (C=O) groups is 2. The maximum atomic E-state index is 11.8. The molecule has 0 spiro atoms. The van der Waals surface area contributed by atoms with Gasteiger partial charge in [-0.1, -0.05) is 22.0 Å². The SMILES string of the molecule is O=C(N[C@H]1CCOC1=O)c1cccc(Br)c1. The number of benzene rings is 1. The number of rotatable bonds is 2. The molecule has 0 bridgehead atoms. The van der Waals surface area contributed by atoms with Gasteiger partial charge in [0.2, 0.25) is 0 Å². The maximum Gasteiger partial charge on any atom is 0.328 e. The number of ether oxygens (including phenoxy) is 1. The van der Waals surface area contributed by atoms with Crippen molar-refractivity contribution < 1.29 is 14.3 Å². The molecule has 1 aliphatic rings. The van der Waals surface area contributed by atoms with E-state index in [-0.39, 0.29) is 11.9 Å². The van der Waals surface area contributed by atoms with E-state index < -0.39 is 6.04 Å². The summed E-state index contributed by atoms with van der Waals surface area (Å²) in [4.78, 5) is 22.9. The third kappa shape index (κ3) is 2.41. The highest BCUT2D eigenvalue weighted by molar-refractivity contribution is 9.10. The Morgan fingerprint density at radius 2 is 2.31 bits per heavy atom. The van der Waals surface area contributed by atoms with Gasteiger partial charge in [-0.3, -0.25) is 4.79 Å². The molecule has 4 nitrogen and oxygen atoms in total.